The molecule has 2 aromatic heterocycles. The van der Waals surface area contributed by atoms with Crippen molar-refractivity contribution >= 4 is 0 Å². The molecule has 4 heterocycles. The Morgan fingerprint density at radius 3 is 2.78 bits per heavy atom. The second-order valence-electron chi connectivity index (χ2n) is 5.31. The van der Waals surface area contributed by atoms with Gasteiger partial charge in [-0.2, -0.15) is 0 Å². The van der Waals surface area contributed by atoms with Gasteiger partial charge in [0.2, 0.25) is 0 Å². The van der Waals surface area contributed by atoms with Crippen molar-refractivity contribution in [3.63, 3.8) is 0 Å². The Bertz CT molecular complexity index is 548. The van der Waals surface area contributed by atoms with Crippen LogP contribution >= 0.6 is 0 Å². The van der Waals surface area contributed by atoms with Crippen LogP contribution in [0.3, 0.4) is 0 Å². The first kappa shape index (κ1) is 10.3. The van der Waals surface area contributed by atoms with E-state index in [9.17, 15) is 0 Å². The largest absolute Gasteiger partial charge is 0.342 e. The number of nitrogens with zero attached hydrogens (tertiary/aromatic N) is 2. The minimum Gasteiger partial charge on any atom is -0.342 e. The number of pyridine rings is 1. The lowest BCUT2D eigenvalue weighted by molar-refractivity contribution is 0.490. The van der Waals surface area contributed by atoms with Crippen LogP contribution < -0.4 is 5.32 Å². The molecular formula is C14H16N4. The first-order valence-electron chi connectivity index (χ1n) is 6.61. The summed E-state index contributed by atoms with van der Waals surface area (Å²) in [6.45, 7) is 0. The molecule has 4 rings (SSSR count). The topological polar surface area (TPSA) is 53.6 Å². The van der Waals surface area contributed by atoms with Gasteiger partial charge < -0.3 is 10.3 Å². The van der Waals surface area contributed by atoms with Gasteiger partial charge in [0.25, 0.3) is 0 Å². The van der Waals surface area contributed by atoms with Crippen LogP contribution in [0.15, 0.2) is 30.7 Å². The first-order valence-corrected chi connectivity index (χ1v) is 6.61. The second kappa shape index (κ2) is 3.92. The third-order valence-corrected chi connectivity index (χ3v) is 4.24. The van der Waals surface area contributed by atoms with Crippen molar-refractivity contribution in [3.05, 3.63) is 36.5 Å². The summed E-state index contributed by atoms with van der Waals surface area (Å²) in [7, 11) is 0. The highest BCUT2D eigenvalue weighted by Gasteiger charge is 2.41. The molecule has 3 atom stereocenters. The highest BCUT2D eigenvalue weighted by Crippen LogP contribution is 2.39. The molecule has 92 valence electrons. The number of nitrogens with one attached hydrogen (secondary N) is 2. The molecule has 4 nitrogen and oxygen atoms in total. The zero-order valence-electron chi connectivity index (χ0n) is 10.1. The number of fused-ring (bicyclic) bond motifs is 2. The Labute approximate surface area is 106 Å². The van der Waals surface area contributed by atoms with Crippen molar-refractivity contribution in [3.8, 4) is 11.3 Å². The summed E-state index contributed by atoms with van der Waals surface area (Å²) >= 11 is 0. The van der Waals surface area contributed by atoms with E-state index < -0.39 is 0 Å². The second-order valence-corrected chi connectivity index (χ2v) is 5.31. The molecule has 4 heteroatoms. The lowest BCUT2D eigenvalue weighted by Gasteiger charge is -2.17. The molecule has 0 saturated carbocycles. The van der Waals surface area contributed by atoms with Crippen molar-refractivity contribution in [1.29, 1.82) is 0 Å². The van der Waals surface area contributed by atoms with Gasteiger partial charge in [0.1, 0.15) is 5.82 Å². The lowest BCUT2D eigenvalue weighted by atomic mass is 9.89. The molecular weight excluding hydrogens is 224 g/mol. The van der Waals surface area contributed by atoms with E-state index in [1.807, 2.05) is 30.7 Å². The number of rotatable bonds is 2. The third-order valence-electron chi connectivity index (χ3n) is 4.24. The normalized spacial score (nSPS) is 29.9. The molecule has 0 amide bonds. The first-order chi connectivity index (χ1) is 8.90. The SMILES string of the molecule is c1cc(-c2cnc(C3CC4CCC3N4)[nH]2)ccn1. The number of hydrogen-bond donors (Lipinski definition) is 2. The average molecular weight is 240 g/mol. The van der Waals surface area contributed by atoms with Crippen LogP contribution in [0, 0.1) is 0 Å². The highest BCUT2D eigenvalue weighted by atomic mass is 15.1. The predicted octanol–water partition coefficient (Wildman–Crippen LogP) is 2.08. The summed E-state index contributed by atoms with van der Waals surface area (Å²) in [6, 6.07) is 5.37. The van der Waals surface area contributed by atoms with Crippen LogP contribution in [0.4, 0.5) is 0 Å². The maximum atomic E-state index is 4.58. The zero-order valence-corrected chi connectivity index (χ0v) is 10.1. The fraction of sp³-hybridized carbons (Fsp3) is 0.429. The van der Waals surface area contributed by atoms with Gasteiger partial charge in [-0.05, 0) is 31.4 Å². The van der Waals surface area contributed by atoms with Gasteiger partial charge in [0, 0.05) is 36.0 Å². The fourth-order valence-electron chi connectivity index (χ4n) is 3.33. The summed E-state index contributed by atoms with van der Waals surface area (Å²) in [5, 5.41) is 3.66. The summed E-state index contributed by atoms with van der Waals surface area (Å²) in [5.41, 5.74) is 2.25. The number of aromatic nitrogens is 3. The van der Waals surface area contributed by atoms with Crippen LogP contribution in [0.5, 0.6) is 0 Å². The third kappa shape index (κ3) is 1.56. The number of H-pyrrole nitrogens is 1. The average Bonchev–Trinajstić information content (AvgIpc) is 3.15. The van der Waals surface area contributed by atoms with Crippen LogP contribution in [0.2, 0.25) is 0 Å². The standard InChI is InChI=1S/C14H16N4/c1-2-12-11(7-10(1)17-12)14-16-8-13(18-14)9-3-5-15-6-4-9/h3-6,8,10-12,17H,1-2,7H2,(H,16,18). The van der Waals surface area contributed by atoms with Gasteiger partial charge in [-0.3, -0.25) is 4.98 Å². The molecule has 2 N–H and O–H groups in total. The molecule has 2 fully saturated rings. The minimum atomic E-state index is 0.569. The molecule has 2 aromatic rings. The quantitative estimate of drug-likeness (QED) is 0.845. The van der Waals surface area contributed by atoms with E-state index in [1.54, 1.807) is 0 Å². The Hall–Kier alpha value is -1.68. The fourth-order valence-corrected chi connectivity index (χ4v) is 3.33. The molecule has 0 spiro atoms. The van der Waals surface area contributed by atoms with Gasteiger partial charge in [0.05, 0.1) is 11.9 Å². The smallest absolute Gasteiger partial charge is 0.111 e. The molecule has 2 saturated heterocycles. The van der Waals surface area contributed by atoms with Gasteiger partial charge in [0.15, 0.2) is 0 Å². The lowest BCUT2D eigenvalue weighted by Crippen LogP contribution is -2.22. The molecule has 2 bridgehead atoms. The minimum absolute atomic E-state index is 0.569. The van der Waals surface area contributed by atoms with E-state index in [1.165, 1.54) is 19.3 Å². The Balaban J connectivity index is 1.63. The van der Waals surface area contributed by atoms with E-state index in [-0.39, 0.29) is 0 Å². The predicted molar refractivity (Wildman–Crippen MR) is 69.1 cm³/mol. The van der Waals surface area contributed by atoms with Gasteiger partial charge in [-0.25, -0.2) is 4.98 Å². The number of imidazole rings is 1. The summed E-state index contributed by atoms with van der Waals surface area (Å²) in [6.07, 6.45) is 9.42. The Kier molecular flexibility index (Phi) is 2.23. The maximum absolute atomic E-state index is 4.58. The molecule has 3 unspecified atom stereocenters. The van der Waals surface area contributed by atoms with E-state index in [0.717, 1.165) is 23.1 Å². The summed E-state index contributed by atoms with van der Waals surface area (Å²) in [4.78, 5) is 12.1. The number of aromatic amines is 1. The van der Waals surface area contributed by atoms with Gasteiger partial charge in [-0.1, -0.05) is 0 Å². The Morgan fingerprint density at radius 2 is 2.06 bits per heavy atom. The number of hydrogen-bond acceptors (Lipinski definition) is 3. The van der Waals surface area contributed by atoms with Gasteiger partial charge >= 0.3 is 0 Å². The monoisotopic (exact) mass is 240 g/mol. The van der Waals surface area contributed by atoms with E-state index in [4.69, 9.17) is 0 Å². The van der Waals surface area contributed by atoms with Crippen molar-refractivity contribution in [2.75, 3.05) is 0 Å². The van der Waals surface area contributed by atoms with Crippen molar-refractivity contribution in [1.82, 2.24) is 20.3 Å². The molecule has 0 aliphatic carbocycles. The summed E-state index contributed by atoms with van der Waals surface area (Å²) in [5.74, 6) is 1.71. The van der Waals surface area contributed by atoms with E-state index >= 15 is 0 Å². The van der Waals surface area contributed by atoms with Crippen LogP contribution in [-0.4, -0.2) is 27.0 Å². The summed E-state index contributed by atoms with van der Waals surface area (Å²) < 4.78 is 0. The molecule has 2 aliphatic heterocycles. The van der Waals surface area contributed by atoms with Gasteiger partial charge in [-0.15, -0.1) is 0 Å². The molecule has 0 aromatic carbocycles. The maximum Gasteiger partial charge on any atom is 0.111 e. The van der Waals surface area contributed by atoms with Crippen molar-refractivity contribution in [2.24, 2.45) is 0 Å². The molecule has 0 radical (unpaired) electrons. The molecule has 2 aliphatic rings. The van der Waals surface area contributed by atoms with Crippen molar-refractivity contribution < 1.29 is 0 Å². The molecule has 18 heavy (non-hydrogen) atoms. The van der Waals surface area contributed by atoms with E-state index in [0.29, 0.717) is 12.0 Å². The Morgan fingerprint density at radius 1 is 1.17 bits per heavy atom. The zero-order chi connectivity index (χ0) is 11.9. The highest BCUT2D eigenvalue weighted by molar-refractivity contribution is 5.57. The van der Waals surface area contributed by atoms with E-state index in [2.05, 4.69) is 20.3 Å². The van der Waals surface area contributed by atoms with Crippen LogP contribution in [-0.2, 0) is 0 Å². The van der Waals surface area contributed by atoms with Crippen LogP contribution in [0.1, 0.15) is 31.0 Å². The van der Waals surface area contributed by atoms with Crippen molar-refractivity contribution in [2.45, 2.75) is 37.3 Å². The van der Waals surface area contributed by atoms with Crippen LogP contribution in [0.25, 0.3) is 11.3 Å².